The van der Waals surface area contributed by atoms with E-state index in [4.69, 9.17) is 4.74 Å². The van der Waals surface area contributed by atoms with E-state index in [1.54, 1.807) is 7.11 Å². The van der Waals surface area contributed by atoms with Crippen LogP contribution in [0.2, 0.25) is 0 Å². The van der Waals surface area contributed by atoms with Gasteiger partial charge < -0.3 is 4.74 Å². The minimum atomic E-state index is 0.767. The Labute approximate surface area is 93.6 Å². The predicted molar refractivity (Wildman–Crippen MR) is 65.4 cm³/mol. The van der Waals surface area contributed by atoms with Crippen LogP contribution in [0.5, 0.6) is 5.75 Å². The second kappa shape index (κ2) is 4.99. The lowest BCUT2D eigenvalue weighted by Crippen LogP contribution is -1.97. The summed E-state index contributed by atoms with van der Waals surface area (Å²) in [6.45, 7) is 0. The SMILES string of the molecule is COc1ccc(CC2SCCS2)cc1. The Balaban J connectivity index is 1.95. The fraction of sp³-hybridized carbons (Fsp3) is 0.455. The first kappa shape index (κ1) is 10.2. The molecule has 0 radical (unpaired) electrons. The molecule has 1 aliphatic rings. The second-order valence-electron chi connectivity index (χ2n) is 3.22. The molecule has 0 unspecified atom stereocenters. The maximum atomic E-state index is 5.13. The van der Waals surface area contributed by atoms with Crippen LogP contribution in [-0.2, 0) is 6.42 Å². The highest BCUT2D eigenvalue weighted by molar-refractivity contribution is 8.20. The summed E-state index contributed by atoms with van der Waals surface area (Å²) in [5.74, 6) is 3.57. The third kappa shape index (κ3) is 2.61. The maximum absolute atomic E-state index is 5.13. The van der Waals surface area contributed by atoms with Gasteiger partial charge in [-0.15, -0.1) is 23.5 Å². The Morgan fingerprint density at radius 2 is 1.86 bits per heavy atom. The second-order valence-corrected chi connectivity index (χ2v) is 6.14. The van der Waals surface area contributed by atoms with Gasteiger partial charge in [0.15, 0.2) is 0 Å². The highest BCUT2D eigenvalue weighted by Crippen LogP contribution is 2.34. The van der Waals surface area contributed by atoms with Crippen molar-refractivity contribution < 1.29 is 4.74 Å². The van der Waals surface area contributed by atoms with Crippen LogP contribution in [0, 0.1) is 0 Å². The van der Waals surface area contributed by atoms with Gasteiger partial charge in [-0.3, -0.25) is 0 Å². The Hall–Kier alpha value is -0.280. The molecule has 2 rings (SSSR count). The van der Waals surface area contributed by atoms with Crippen molar-refractivity contribution in [3.63, 3.8) is 0 Å². The molecule has 0 N–H and O–H groups in total. The highest BCUT2D eigenvalue weighted by Gasteiger charge is 2.16. The first-order valence-electron chi connectivity index (χ1n) is 4.74. The normalized spacial score (nSPS) is 17.2. The van der Waals surface area contributed by atoms with Crippen LogP contribution in [0.25, 0.3) is 0 Å². The van der Waals surface area contributed by atoms with Crippen LogP contribution in [0.3, 0.4) is 0 Å². The fourth-order valence-electron chi connectivity index (χ4n) is 1.48. The van der Waals surface area contributed by atoms with E-state index in [2.05, 4.69) is 35.7 Å². The molecule has 0 amide bonds. The molecule has 1 saturated heterocycles. The lowest BCUT2D eigenvalue weighted by atomic mass is 10.2. The largest absolute Gasteiger partial charge is 0.497 e. The third-order valence-electron chi connectivity index (χ3n) is 2.25. The molecular weight excluding hydrogens is 212 g/mol. The average Bonchev–Trinajstić information content (AvgIpc) is 2.72. The quantitative estimate of drug-likeness (QED) is 0.784. The molecule has 1 heterocycles. The van der Waals surface area contributed by atoms with Gasteiger partial charge in [0.2, 0.25) is 0 Å². The minimum Gasteiger partial charge on any atom is -0.497 e. The Morgan fingerprint density at radius 1 is 1.21 bits per heavy atom. The molecule has 1 nitrogen and oxygen atoms in total. The Bertz CT molecular complexity index is 278. The molecule has 1 aromatic carbocycles. The molecule has 76 valence electrons. The van der Waals surface area contributed by atoms with Crippen LogP contribution in [0.1, 0.15) is 5.56 Å². The van der Waals surface area contributed by atoms with Crippen LogP contribution < -0.4 is 4.74 Å². The van der Waals surface area contributed by atoms with Crippen LogP contribution in [0.15, 0.2) is 24.3 Å². The van der Waals surface area contributed by atoms with Crippen molar-refractivity contribution in [1.29, 1.82) is 0 Å². The predicted octanol–water partition coefficient (Wildman–Crippen LogP) is 3.04. The van der Waals surface area contributed by atoms with Crippen molar-refractivity contribution in [3.05, 3.63) is 29.8 Å². The van der Waals surface area contributed by atoms with Gasteiger partial charge in [-0.25, -0.2) is 0 Å². The lowest BCUT2D eigenvalue weighted by Gasteiger charge is -2.08. The van der Waals surface area contributed by atoms with Crippen molar-refractivity contribution in [1.82, 2.24) is 0 Å². The molecule has 1 fully saturated rings. The van der Waals surface area contributed by atoms with E-state index < -0.39 is 0 Å². The first-order chi connectivity index (χ1) is 6.88. The number of rotatable bonds is 3. The summed E-state index contributed by atoms with van der Waals surface area (Å²) >= 11 is 4.16. The van der Waals surface area contributed by atoms with Gasteiger partial charge in [0.1, 0.15) is 5.75 Å². The van der Waals surface area contributed by atoms with Gasteiger partial charge in [-0.05, 0) is 24.1 Å². The molecule has 0 saturated carbocycles. The summed E-state index contributed by atoms with van der Waals surface area (Å²) in [6.07, 6.45) is 1.18. The van der Waals surface area contributed by atoms with Crippen molar-refractivity contribution in [2.45, 2.75) is 11.0 Å². The van der Waals surface area contributed by atoms with E-state index in [0.29, 0.717) is 0 Å². The molecule has 14 heavy (non-hydrogen) atoms. The summed E-state index contributed by atoms with van der Waals surface area (Å²) < 4.78 is 5.90. The number of hydrogen-bond acceptors (Lipinski definition) is 3. The van der Waals surface area contributed by atoms with Crippen molar-refractivity contribution in [3.8, 4) is 5.75 Å². The summed E-state index contributed by atoms with van der Waals surface area (Å²) in [4.78, 5) is 0. The summed E-state index contributed by atoms with van der Waals surface area (Å²) in [5.41, 5.74) is 1.41. The number of thioether (sulfide) groups is 2. The average molecular weight is 226 g/mol. The summed E-state index contributed by atoms with van der Waals surface area (Å²) in [7, 11) is 1.71. The van der Waals surface area contributed by atoms with Crippen LogP contribution >= 0.6 is 23.5 Å². The molecule has 0 aromatic heterocycles. The van der Waals surface area contributed by atoms with E-state index in [-0.39, 0.29) is 0 Å². The monoisotopic (exact) mass is 226 g/mol. The summed E-state index contributed by atoms with van der Waals surface area (Å²) in [6, 6.07) is 8.41. The first-order valence-corrected chi connectivity index (χ1v) is 6.84. The summed E-state index contributed by atoms with van der Waals surface area (Å²) in [5, 5.41) is 0. The molecule has 0 bridgehead atoms. The maximum Gasteiger partial charge on any atom is 0.118 e. The van der Waals surface area contributed by atoms with E-state index in [1.807, 2.05) is 12.1 Å². The number of methoxy groups -OCH3 is 1. The highest BCUT2D eigenvalue weighted by atomic mass is 32.2. The smallest absolute Gasteiger partial charge is 0.118 e. The fourth-order valence-corrected chi connectivity index (χ4v) is 4.36. The van der Waals surface area contributed by atoms with E-state index >= 15 is 0 Å². The van der Waals surface area contributed by atoms with Gasteiger partial charge in [-0.1, -0.05) is 12.1 Å². The number of benzene rings is 1. The van der Waals surface area contributed by atoms with E-state index in [9.17, 15) is 0 Å². The molecule has 0 spiro atoms. The number of hydrogen-bond donors (Lipinski definition) is 0. The zero-order valence-corrected chi connectivity index (χ0v) is 9.87. The Morgan fingerprint density at radius 3 is 2.43 bits per heavy atom. The third-order valence-corrected chi connectivity index (χ3v) is 5.28. The minimum absolute atomic E-state index is 0.767. The molecule has 3 heteroatoms. The molecule has 0 atom stereocenters. The molecule has 1 aromatic rings. The standard InChI is InChI=1S/C11H14OS2/c1-12-10-4-2-9(3-5-10)8-11-13-6-7-14-11/h2-5,11H,6-8H2,1H3. The van der Waals surface area contributed by atoms with Crippen molar-refractivity contribution in [2.24, 2.45) is 0 Å². The van der Waals surface area contributed by atoms with E-state index in [0.717, 1.165) is 10.3 Å². The van der Waals surface area contributed by atoms with Crippen LogP contribution in [-0.4, -0.2) is 23.2 Å². The van der Waals surface area contributed by atoms with Crippen LogP contribution in [0.4, 0.5) is 0 Å². The molecular formula is C11H14OS2. The molecule has 1 aliphatic heterocycles. The topological polar surface area (TPSA) is 9.23 Å². The van der Waals surface area contributed by atoms with Gasteiger partial charge in [-0.2, -0.15) is 0 Å². The van der Waals surface area contributed by atoms with E-state index in [1.165, 1.54) is 23.5 Å². The molecule has 0 aliphatic carbocycles. The van der Waals surface area contributed by atoms with Gasteiger partial charge in [0, 0.05) is 11.5 Å². The van der Waals surface area contributed by atoms with Gasteiger partial charge in [0.05, 0.1) is 11.7 Å². The zero-order valence-electron chi connectivity index (χ0n) is 8.23. The Kier molecular flexibility index (Phi) is 3.65. The lowest BCUT2D eigenvalue weighted by molar-refractivity contribution is 0.414. The van der Waals surface area contributed by atoms with Crippen molar-refractivity contribution in [2.75, 3.05) is 18.6 Å². The van der Waals surface area contributed by atoms with Gasteiger partial charge in [0.25, 0.3) is 0 Å². The number of ether oxygens (including phenoxy) is 1. The zero-order chi connectivity index (χ0) is 9.80. The van der Waals surface area contributed by atoms with Crippen molar-refractivity contribution >= 4 is 23.5 Å². The van der Waals surface area contributed by atoms with Gasteiger partial charge >= 0.3 is 0 Å².